The maximum Gasteiger partial charge on any atom is 0.336 e. The Hall–Kier alpha value is -2.36. The van der Waals surface area contributed by atoms with E-state index < -0.39 is 11.9 Å². The lowest BCUT2D eigenvalue weighted by Gasteiger charge is -2.08. The molecule has 0 aromatic heterocycles. The van der Waals surface area contributed by atoms with Crippen molar-refractivity contribution in [1.82, 2.24) is 0 Å². The zero-order valence-electron chi connectivity index (χ0n) is 11.1. The zero-order chi connectivity index (χ0) is 14.2. The van der Waals surface area contributed by atoms with Crippen LogP contribution >= 0.6 is 0 Å². The van der Waals surface area contributed by atoms with Crippen molar-refractivity contribution in [3.05, 3.63) is 60.1 Å². The van der Waals surface area contributed by atoms with E-state index in [4.69, 9.17) is 9.47 Å². The van der Waals surface area contributed by atoms with E-state index in [2.05, 4.69) is 0 Å². The van der Waals surface area contributed by atoms with Crippen molar-refractivity contribution in [2.45, 2.75) is 25.7 Å². The molecule has 0 amide bonds. The summed E-state index contributed by atoms with van der Waals surface area (Å²) in [5, 5.41) is 0. The zero-order valence-corrected chi connectivity index (χ0v) is 11.1. The SMILES string of the molecule is O=C(/C=C\C(=O)OC1=CC=CCC1)OC1=CC=CCC1. The Morgan fingerprint density at radius 2 is 1.30 bits per heavy atom. The van der Waals surface area contributed by atoms with Gasteiger partial charge in [0.05, 0.1) is 0 Å². The molecule has 0 radical (unpaired) electrons. The van der Waals surface area contributed by atoms with Crippen LogP contribution in [0.4, 0.5) is 0 Å². The van der Waals surface area contributed by atoms with Gasteiger partial charge in [-0.25, -0.2) is 9.59 Å². The van der Waals surface area contributed by atoms with Crippen molar-refractivity contribution in [2.24, 2.45) is 0 Å². The third-order valence-corrected chi connectivity index (χ3v) is 2.77. The van der Waals surface area contributed by atoms with Crippen LogP contribution in [-0.4, -0.2) is 11.9 Å². The molecule has 0 saturated heterocycles. The molecule has 2 aliphatic rings. The maximum absolute atomic E-state index is 11.5. The predicted octanol–water partition coefficient (Wildman–Crippen LogP) is 3.10. The molecule has 0 aromatic rings. The van der Waals surface area contributed by atoms with E-state index in [1.165, 1.54) is 0 Å². The van der Waals surface area contributed by atoms with Crippen molar-refractivity contribution >= 4 is 11.9 Å². The first-order valence-corrected chi connectivity index (χ1v) is 6.57. The van der Waals surface area contributed by atoms with Gasteiger partial charge in [-0.2, -0.15) is 0 Å². The van der Waals surface area contributed by atoms with Gasteiger partial charge in [0, 0.05) is 25.0 Å². The highest BCUT2D eigenvalue weighted by Crippen LogP contribution is 2.14. The summed E-state index contributed by atoms with van der Waals surface area (Å²) in [7, 11) is 0. The number of hydrogen-bond donors (Lipinski definition) is 0. The minimum atomic E-state index is -0.569. The standard InChI is InChI=1S/C16H16O4/c17-15(19-13-7-3-1-4-8-13)11-12-16(18)20-14-9-5-2-6-10-14/h1-3,5,7,9,11-12H,4,6,8,10H2/b12-11-. The fraction of sp³-hybridized carbons (Fsp3) is 0.250. The summed E-state index contributed by atoms with van der Waals surface area (Å²) < 4.78 is 10.2. The van der Waals surface area contributed by atoms with Crippen molar-refractivity contribution < 1.29 is 19.1 Å². The minimum Gasteiger partial charge on any atom is -0.428 e. The second-order valence-corrected chi connectivity index (χ2v) is 4.38. The first-order chi connectivity index (χ1) is 9.74. The van der Waals surface area contributed by atoms with Crippen LogP contribution in [0, 0.1) is 0 Å². The summed E-state index contributed by atoms with van der Waals surface area (Å²) in [6.07, 6.45) is 16.4. The largest absolute Gasteiger partial charge is 0.428 e. The van der Waals surface area contributed by atoms with Crippen LogP contribution < -0.4 is 0 Å². The average Bonchev–Trinajstić information content (AvgIpc) is 2.47. The van der Waals surface area contributed by atoms with Gasteiger partial charge in [-0.15, -0.1) is 0 Å². The lowest BCUT2D eigenvalue weighted by molar-refractivity contribution is -0.136. The van der Waals surface area contributed by atoms with Gasteiger partial charge in [0.25, 0.3) is 0 Å². The Kier molecular flexibility index (Phi) is 5.12. The quantitative estimate of drug-likeness (QED) is 0.583. The number of carbonyl (C=O) groups is 2. The Balaban J connectivity index is 1.79. The van der Waals surface area contributed by atoms with Crippen LogP contribution in [0.15, 0.2) is 60.1 Å². The summed E-state index contributed by atoms with van der Waals surface area (Å²) in [5.74, 6) is 0.0772. The molecule has 0 saturated carbocycles. The lowest BCUT2D eigenvalue weighted by atomic mass is 10.2. The second-order valence-electron chi connectivity index (χ2n) is 4.38. The number of ether oxygens (including phenoxy) is 2. The molecule has 0 atom stereocenters. The summed E-state index contributed by atoms with van der Waals surface area (Å²) in [4.78, 5) is 23.0. The third-order valence-electron chi connectivity index (χ3n) is 2.77. The normalized spacial score (nSPS) is 17.6. The van der Waals surface area contributed by atoms with Crippen LogP contribution in [0.1, 0.15) is 25.7 Å². The van der Waals surface area contributed by atoms with Crippen LogP contribution in [0.5, 0.6) is 0 Å². The Morgan fingerprint density at radius 3 is 1.65 bits per heavy atom. The summed E-state index contributed by atoms with van der Waals surface area (Å²) >= 11 is 0. The molecule has 20 heavy (non-hydrogen) atoms. The summed E-state index contributed by atoms with van der Waals surface area (Å²) in [5.41, 5.74) is 0. The monoisotopic (exact) mass is 272 g/mol. The smallest absolute Gasteiger partial charge is 0.336 e. The van der Waals surface area contributed by atoms with Gasteiger partial charge in [0.2, 0.25) is 0 Å². The first kappa shape index (κ1) is 14.1. The van der Waals surface area contributed by atoms with Crippen LogP contribution in [0.25, 0.3) is 0 Å². The molecule has 4 nitrogen and oxygen atoms in total. The number of allylic oxidation sites excluding steroid dienone is 8. The van der Waals surface area contributed by atoms with E-state index in [0.717, 1.165) is 25.0 Å². The molecule has 0 aliphatic heterocycles. The molecule has 2 aliphatic carbocycles. The van der Waals surface area contributed by atoms with Crippen molar-refractivity contribution in [3.63, 3.8) is 0 Å². The molecule has 0 unspecified atom stereocenters. The summed E-state index contributed by atoms with van der Waals surface area (Å²) in [6.45, 7) is 0. The maximum atomic E-state index is 11.5. The van der Waals surface area contributed by atoms with Gasteiger partial charge in [0.15, 0.2) is 0 Å². The number of esters is 2. The molecule has 0 N–H and O–H groups in total. The Morgan fingerprint density at radius 1 is 0.850 bits per heavy atom. The lowest BCUT2D eigenvalue weighted by Crippen LogP contribution is -2.05. The molecule has 0 aromatic carbocycles. The summed E-state index contributed by atoms with van der Waals surface area (Å²) in [6, 6.07) is 0. The average molecular weight is 272 g/mol. The van der Waals surface area contributed by atoms with E-state index in [-0.39, 0.29) is 0 Å². The molecule has 0 fully saturated rings. The van der Waals surface area contributed by atoms with Crippen LogP contribution in [0.3, 0.4) is 0 Å². The molecule has 0 heterocycles. The number of hydrogen-bond acceptors (Lipinski definition) is 4. The van der Waals surface area contributed by atoms with E-state index in [9.17, 15) is 9.59 Å². The molecule has 4 heteroatoms. The van der Waals surface area contributed by atoms with E-state index in [0.29, 0.717) is 24.4 Å². The Labute approximate surface area is 117 Å². The minimum absolute atomic E-state index is 0.569. The highest BCUT2D eigenvalue weighted by atomic mass is 16.5. The number of carbonyl (C=O) groups excluding carboxylic acids is 2. The van der Waals surface area contributed by atoms with E-state index >= 15 is 0 Å². The highest BCUT2D eigenvalue weighted by molar-refractivity contribution is 5.92. The molecular weight excluding hydrogens is 256 g/mol. The van der Waals surface area contributed by atoms with E-state index in [1.54, 1.807) is 12.2 Å². The van der Waals surface area contributed by atoms with Crippen LogP contribution in [0.2, 0.25) is 0 Å². The van der Waals surface area contributed by atoms with Gasteiger partial charge in [-0.1, -0.05) is 24.3 Å². The third kappa shape index (κ3) is 4.72. The molecular formula is C16H16O4. The van der Waals surface area contributed by atoms with Crippen molar-refractivity contribution in [3.8, 4) is 0 Å². The van der Waals surface area contributed by atoms with Gasteiger partial charge in [0.1, 0.15) is 11.5 Å². The fourth-order valence-corrected chi connectivity index (χ4v) is 1.79. The number of rotatable bonds is 4. The second kappa shape index (κ2) is 7.28. The van der Waals surface area contributed by atoms with Gasteiger partial charge in [-0.3, -0.25) is 0 Å². The highest BCUT2D eigenvalue weighted by Gasteiger charge is 2.08. The topological polar surface area (TPSA) is 52.6 Å². The van der Waals surface area contributed by atoms with Gasteiger partial charge < -0.3 is 9.47 Å². The first-order valence-electron chi connectivity index (χ1n) is 6.57. The van der Waals surface area contributed by atoms with Gasteiger partial charge in [-0.05, 0) is 25.0 Å². The van der Waals surface area contributed by atoms with Crippen molar-refractivity contribution in [1.29, 1.82) is 0 Å². The molecule has 104 valence electrons. The molecule has 2 rings (SSSR count). The fourth-order valence-electron chi connectivity index (χ4n) is 1.79. The van der Waals surface area contributed by atoms with Crippen LogP contribution in [-0.2, 0) is 19.1 Å². The molecule has 0 spiro atoms. The van der Waals surface area contributed by atoms with Gasteiger partial charge >= 0.3 is 11.9 Å². The molecule has 0 bridgehead atoms. The van der Waals surface area contributed by atoms with E-state index in [1.807, 2.05) is 24.3 Å². The van der Waals surface area contributed by atoms with Crippen molar-refractivity contribution in [2.75, 3.05) is 0 Å². The predicted molar refractivity (Wildman–Crippen MR) is 74.2 cm³/mol. The Bertz CT molecular complexity index is 485.